The first-order chi connectivity index (χ1) is 8.58. The highest BCUT2D eigenvalue weighted by molar-refractivity contribution is 7.80. The summed E-state index contributed by atoms with van der Waals surface area (Å²) in [5.74, 6) is -0.0284. The first-order valence-electron chi connectivity index (χ1n) is 5.09. The molecule has 92 valence electrons. The highest BCUT2D eigenvalue weighted by Crippen LogP contribution is 2.28. The van der Waals surface area contributed by atoms with E-state index in [0.29, 0.717) is 10.7 Å². The Hall–Kier alpha value is -1.65. The number of hydrogen-bond donors (Lipinski definition) is 1. The van der Waals surface area contributed by atoms with Crippen LogP contribution in [-0.2, 0) is 0 Å². The van der Waals surface area contributed by atoms with Crippen molar-refractivity contribution in [1.29, 1.82) is 0 Å². The van der Waals surface area contributed by atoms with Crippen LogP contribution >= 0.6 is 23.8 Å². The Morgan fingerprint density at radius 1 is 1.17 bits per heavy atom. The zero-order valence-corrected chi connectivity index (χ0v) is 10.8. The molecular formula is C13H9ClFNOS. The van der Waals surface area contributed by atoms with Gasteiger partial charge in [0.2, 0.25) is 0 Å². The number of hydrogen-bond acceptors (Lipinski definition) is 2. The van der Waals surface area contributed by atoms with Crippen molar-refractivity contribution >= 4 is 28.8 Å². The lowest BCUT2D eigenvalue weighted by molar-refractivity contribution is 0.442. The van der Waals surface area contributed by atoms with Crippen LogP contribution in [0.2, 0.25) is 5.02 Å². The molecule has 0 fully saturated rings. The van der Waals surface area contributed by atoms with Gasteiger partial charge in [-0.25, -0.2) is 4.39 Å². The second kappa shape index (κ2) is 5.33. The van der Waals surface area contributed by atoms with Gasteiger partial charge in [-0.3, -0.25) is 0 Å². The van der Waals surface area contributed by atoms with Gasteiger partial charge in [-0.05, 0) is 36.4 Å². The average Bonchev–Trinajstić information content (AvgIpc) is 2.36. The Labute approximate surface area is 114 Å². The molecule has 5 heteroatoms. The molecule has 2 aromatic rings. The molecule has 0 amide bonds. The number of thiocarbonyl (C=S) groups is 1. The minimum atomic E-state index is -0.586. The van der Waals surface area contributed by atoms with E-state index in [1.54, 1.807) is 30.3 Å². The second-order valence-corrected chi connectivity index (χ2v) is 4.39. The van der Waals surface area contributed by atoms with E-state index in [1.807, 2.05) is 0 Å². The van der Waals surface area contributed by atoms with Crippen LogP contribution in [0.25, 0.3) is 0 Å². The van der Waals surface area contributed by atoms with Crippen LogP contribution < -0.4 is 10.5 Å². The van der Waals surface area contributed by atoms with Crippen molar-refractivity contribution in [2.75, 3.05) is 0 Å². The van der Waals surface area contributed by atoms with Crippen LogP contribution in [0, 0.1) is 5.82 Å². The molecule has 0 aliphatic heterocycles. The molecule has 2 aromatic carbocycles. The van der Waals surface area contributed by atoms with E-state index in [2.05, 4.69) is 0 Å². The molecule has 0 heterocycles. The van der Waals surface area contributed by atoms with Crippen LogP contribution in [0.1, 0.15) is 5.56 Å². The lowest BCUT2D eigenvalue weighted by atomic mass is 10.2. The highest BCUT2D eigenvalue weighted by Gasteiger charge is 2.08. The zero-order valence-electron chi connectivity index (χ0n) is 9.19. The van der Waals surface area contributed by atoms with Crippen LogP contribution in [0.4, 0.5) is 4.39 Å². The number of ether oxygens (including phenoxy) is 1. The fourth-order valence-corrected chi connectivity index (χ4v) is 1.68. The Morgan fingerprint density at radius 2 is 1.83 bits per heavy atom. The Bertz CT molecular complexity index is 586. The number of nitrogens with two attached hydrogens (primary N) is 1. The molecule has 2 N–H and O–H groups in total. The van der Waals surface area contributed by atoms with Crippen molar-refractivity contribution in [3.05, 3.63) is 58.9 Å². The summed E-state index contributed by atoms with van der Waals surface area (Å²) in [6.07, 6.45) is 0. The van der Waals surface area contributed by atoms with Crippen molar-refractivity contribution in [3.8, 4) is 11.5 Å². The standard InChI is InChI=1S/C13H9ClFNOS/c14-10-2-1-3-11(12(10)15)17-9-6-4-8(5-7-9)13(16)18/h1-7H,(H2,16,18). The maximum Gasteiger partial charge on any atom is 0.184 e. The van der Waals surface area contributed by atoms with E-state index < -0.39 is 5.82 Å². The Morgan fingerprint density at radius 3 is 2.44 bits per heavy atom. The predicted octanol–water partition coefficient (Wildman–Crippen LogP) is 3.91. The quantitative estimate of drug-likeness (QED) is 0.867. The van der Waals surface area contributed by atoms with Crippen LogP contribution in [0.15, 0.2) is 42.5 Å². The summed E-state index contributed by atoms with van der Waals surface area (Å²) >= 11 is 10.5. The SMILES string of the molecule is NC(=S)c1ccc(Oc2cccc(Cl)c2F)cc1. The molecule has 2 rings (SSSR count). The molecule has 0 saturated heterocycles. The minimum absolute atomic E-state index is 0.0206. The molecule has 2 nitrogen and oxygen atoms in total. The first kappa shape index (κ1) is 12.8. The topological polar surface area (TPSA) is 35.2 Å². The summed E-state index contributed by atoms with van der Waals surface area (Å²) in [7, 11) is 0. The summed E-state index contributed by atoms with van der Waals surface area (Å²) in [5, 5.41) is 0.0206. The van der Waals surface area contributed by atoms with Gasteiger partial charge in [0.1, 0.15) is 10.7 Å². The number of benzene rings is 2. The Balaban J connectivity index is 2.24. The third-order valence-electron chi connectivity index (χ3n) is 2.28. The summed E-state index contributed by atoms with van der Waals surface area (Å²) in [6, 6.07) is 11.3. The number of rotatable bonds is 3. The summed E-state index contributed by atoms with van der Waals surface area (Å²) in [4.78, 5) is 0.301. The fourth-order valence-electron chi connectivity index (χ4n) is 1.38. The maximum absolute atomic E-state index is 13.6. The molecule has 0 aromatic heterocycles. The van der Waals surface area contributed by atoms with Gasteiger partial charge in [-0.1, -0.05) is 29.9 Å². The summed E-state index contributed by atoms with van der Waals surface area (Å²) in [5.41, 5.74) is 6.20. The van der Waals surface area contributed by atoms with Gasteiger partial charge in [0, 0.05) is 5.56 Å². The molecule has 0 aliphatic carbocycles. The molecule has 0 radical (unpaired) electrons. The van der Waals surface area contributed by atoms with E-state index in [4.69, 9.17) is 34.3 Å². The lowest BCUT2D eigenvalue weighted by Gasteiger charge is -2.08. The molecule has 0 unspecified atom stereocenters. The monoisotopic (exact) mass is 281 g/mol. The van der Waals surface area contributed by atoms with Crippen LogP contribution in [0.3, 0.4) is 0 Å². The van der Waals surface area contributed by atoms with Crippen molar-refractivity contribution in [3.63, 3.8) is 0 Å². The van der Waals surface area contributed by atoms with Gasteiger partial charge in [0.25, 0.3) is 0 Å². The van der Waals surface area contributed by atoms with Crippen molar-refractivity contribution in [2.24, 2.45) is 5.73 Å². The van der Waals surface area contributed by atoms with E-state index in [1.165, 1.54) is 12.1 Å². The van der Waals surface area contributed by atoms with Gasteiger partial charge < -0.3 is 10.5 Å². The van der Waals surface area contributed by atoms with E-state index >= 15 is 0 Å². The molecule has 0 bridgehead atoms. The summed E-state index contributed by atoms with van der Waals surface area (Å²) in [6.45, 7) is 0. The second-order valence-electron chi connectivity index (χ2n) is 3.54. The van der Waals surface area contributed by atoms with Crippen LogP contribution in [0.5, 0.6) is 11.5 Å². The molecule has 18 heavy (non-hydrogen) atoms. The van der Waals surface area contributed by atoms with E-state index in [-0.39, 0.29) is 10.8 Å². The van der Waals surface area contributed by atoms with Gasteiger partial charge in [0.05, 0.1) is 5.02 Å². The van der Waals surface area contributed by atoms with Gasteiger partial charge >= 0.3 is 0 Å². The number of halogens is 2. The molecule has 0 atom stereocenters. The lowest BCUT2D eigenvalue weighted by Crippen LogP contribution is -2.08. The molecule has 0 aliphatic rings. The largest absolute Gasteiger partial charge is 0.454 e. The van der Waals surface area contributed by atoms with Crippen molar-refractivity contribution < 1.29 is 9.13 Å². The smallest absolute Gasteiger partial charge is 0.184 e. The first-order valence-corrected chi connectivity index (χ1v) is 5.88. The fraction of sp³-hybridized carbons (Fsp3) is 0. The normalized spacial score (nSPS) is 10.1. The van der Waals surface area contributed by atoms with E-state index in [0.717, 1.165) is 5.56 Å². The predicted molar refractivity (Wildman–Crippen MR) is 73.8 cm³/mol. The van der Waals surface area contributed by atoms with Gasteiger partial charge in [-0.2, -0.15) is 0 Å². The van der Waals surface area contributed by atoms with Crippen LogP contribution in [-0.4, -0.2) is 4.99 Å². The Kier molecular flexibility index (Phi) is 3.79. The van der Waals surface area contributed by atoms with Crippen molar-refractivity contribution in [2.45, 2.75) is 0 Å². The maximum atomic E-state index is 13.6. The van der Waals surface area contributed by atoms with Crippen molar-refractivity contribution in [1.82, 2.24) is 0 Å². The third-order valence-corrected chi connectivity index (χ3v) is 2.81. The third kappa shape index (κ3) is 2.78. The average molecular weight is 282 g/mol. The highest BCUT2D eigenvalue weighted by atomic mass is 35.5. The molecule has 0 spiro atoms. The minimum Gasteiger partial charge on any atom is -0.454 e. The van der Waals surface area contributed by atoms with Gasteiger partial charge in [0.15, 0.2) is 11.6 Å². The van der Waals surface area contributed by atoms with Gasteiger partial charge in [-0.15, -0.1) is 0 Å². The summed E-state index contributed by atoms with van der Waals surface area (Å²) < 4.78 is 19.0. The molecule has 0 saturated carbocycles. The molecular weight excluding hydrogens is 273 g/mol. The zero-order chi connectivity index (χ0) is 13.1. The van der Waals surface area contributed by atoms with E-state index in [9.17, 15) is 4.39 Å².